The zero-order valence-electron chi connectivity index (χ0n) is 22.4. The Hall–Kier alpha value is -4.02. The molecule has 6 aromatic carbocycles. The van der Waals surface area contributed by atoms with Crippen molar-refractivity contribution in [2.24, 2.45) is 0 Å². The summed E-state index contributed by atoms with van der Waals surface area (Å²) in [5.74, 6) is 1.41. The van der Waals surface area contributed by atoms with Crippen LogP contribution in [0.15, 0.2) is 170 Å². The first-order chi connectivity index (χ1) is 19.8. The third-order valence-corrected chi connectivity index (χ3v) is 11.4. The Morgan fingerprint density at radius 1 is 0.359 bits per heavy atom. The van der Waals surface area contributed by atoms with E-state index in [1.807, 2.05) is 36.4 Å². The van der Waals surface area contributed by atoms with Crippen LogP contribution >= 0.6 is 15.8 Å². The second-order valence-electron chi connectivity index (χ2n) is 8.97. The zero-order chi connectivity index (χ0) is 27.1. The number of hydrogen-bond acceptors (Lipinski definition) is 1. The van der Waals surface area contributed by atoms with Gasteiger partial charge in [-0.3, -0.25) is 0 Å². The van der Waals surface area contributed by atoms with Crippen molar-refractivity contribution in [2.45, 2.75) is 0 Å². The molecule has 0 aliphatic heterocycles. The van der Waals surface area contributed by atoms with Crippen molar-refractivity contribution in [3.8, 4) is 11.5 Å². The second kappa shape index (κ2) is 12.2. The molecular weight excluding hydrogens is 510 g/mol. The van der Waals surface area contributed by atoms with Gasteiger partial charge in [-0.2, -0.15) is 0 Å². The Morgan fingerprint density at radius 2 is 0.692 bits per heavy atom. The van der Waals surface area contributed by atoms with Crippen molar-refractivity contribution in [1.82, 2.24) is 0 Å². The van der Waals surface area contributed by atoms with E-state index in [1.54, 1.807) is 0 Å². The number of para-hydroxylation sites is 2. The minimum absolute atomic E-state index is 0.385. The highest BCUT2D eigenvalue weighted by molar-refractivity contribution is 7.80. The molecule has 0 aliphatic carbocycles. The molecule has 0 atom stereocenters. The maximum absolute atomic E-state index is 8.98. The van der Waals surface area contributed by atoms with Crippen molar-refractivity contribution in [3.63, 3.8) is 0 Å². The average Bonchev–Trinajstić information content (AvgIpc) is 3.02. The van der Waals surface area contributed by atoms with Gasteiger partial charge in [0.25, 0.3) is 0 Å². The summed E-state index contributed by atoms with van der Waals surface area (Å²) in [5, 5.41) is 7.14. The summed E-state index contributed by atoms with van der Waals surface area (Å²) in [5.41, 5.74) is 0. The first-order valence-electron chi connectivity index (χ1n) is 13.5. The van der Waals surface area contributed by atoms with E-state index in [1.165, 1.54) is 21.2 Å². The van der Waals surface area contributed by atoms with Crippen LogP contribution in [0.3, 0.4) is 0 Å². The van der Waals surface area contributed by atoms with Gasteiger partial charge < -0.3 is 4.74 Å². The van der Waals surface area contributed by atoms with Crippen molar-refractivity contribution >= 4 is 47.7 Å². The van der Waals surface area contributed by atoms with Crippen LogP contribution < -0.4 is 36.6 Å². The van der Waals surface area contributed by atoms with E-state index in [0.717, 1.165) is 16.4 Å². The van der Waals surface area contributed by atoms with E-state index in [4.69, 9.17) is 6.11 Å². The van der Waals surface area contributed by atoms with Gasteiger partial charge in [0.15, 0.2) is 0 Å². The van der Waals surface area contributed by atoms with E-state index in [-0.39, 0.29) is 0 Å². The molecule has 1 nitrogen and oxygen atoms in total. The van der Waals surface area contributed by atoms with Crippen molar-refractivity contribution in [3.05, 3.63) is 170 Å². The Kier molecular flexibility index (Phi) is 7.54. The predicted molar refractivity (Wildman–Crippen MR) is 170 cm³/mol. The molecular formula is C36H28OP2. The van der Waals surface area contributed by atoms with E-state index in [9.17, 15) is 0 Å². The highest BCUT2D eigenvalue weighted by Gasteiger charge is 2.23. The molecule has 0 saturated heterocycles. The standard InChI is InChI=1S/C36H28OP2/c1-5-17-29(18-6-1)38(30-19-7-2-8-20-30)35-27-15-13-25-33(35)37-34-26-14-16-28-36(34)39(31-21-9-3-10-22-31)32-23-11-4-12-24-32/h1-28H/i25D. The fraction of sp³-hybridized carbons (Fsp3) is 0. The minimum Gasteiger partial charge on any atom is -0.456 e. The minimum atomic E-state index is -0.932. The lowest BCUT2D eigenvalue weighted by atomic mass is 10.3. The lowest BCUT2D eigenvalue weighted by molar-refractivity contribution is 0.491. The van der Waals surface area contributed by atoms with E-state index in [2.05, 4.69) is 127 Å². The van der Waals surface area contributed by atoms with Gasteiger partial charge in [0, 0.05) is 10.6 Å². The summed E-state index contributed by atoms with van der Waals surface area (Å²) in [6.45, 7) is 0. The van der Waals surface area contributed by atoms with Gasteiger partial charge in [-0.15, -0.1) is 0 Å². The molecule has 188 valence electrons. The molecule has 0 spiro atoms. The van der Waals surface area contributed by atoms with E-state index < -0.39 is 15.8 Å². The van der Waals surface area contributed by atoms with Crippen molar-refractivity contribution < 1.29 is 6.11 Å². The molecule has 0 amide bonds. The third-order valence-electron chi connectivity index (χ3n) is 6.41. The summed E-state index contributed by atoms with van der Waals surface area (Å²) in [6.07, 6.45) is 0. The topological polar surface area (TPSA) is 9.23 Å². The van der Waals surface area contributed by atoms with Crippen LogP contribution in [0.1, 0.15) is 1.37 Å². The van der Waals surface area contributed by atoms with Gasteiger partial charge in [0.2, 0.25) is 0 Å². The molecule has 0 aliphatic rings. The molecule has 0 heterocycles. The monoisotopic (exact) mass is 539 g/mol. The van der Waals surface area contributed by atoms with Gasteiger partial charge in [0.05, 0.1) is 1.37 Å². The Balaban J connectivity index is 1.50. The van der Waals surface area contributed by atoms with Gasteiger partial charge in [-0.1, -0.05) is 158 Å². The maximum Gasteiger partial charge on any atom is 0.135 e. The normalized spacial score (nSPS) is 11.4. The van der Waals surface area contributed by atoms with Crippen molar-refractivity contribution in [2.75, 3.05) is 0 Å². The fourth-order valence-electron chi connectivity index (χ4n) is 4.67. The molecule has 6 rings (SSSR count). The number of rotatable bonds is 8. The van der Waals surface area contributed by atoms with E-state index in [0.29, 0.717) is 11.8 Å². The van der Waals surface area contributed by atoms with Crippen LogP contribution in [-0.4, -0.2) is 0 Å². The Labute approximate surface area is 234 Å². The smallest absolute Gasteiger partial charge is 0.135 e. The highest BCUT2D eigenvalue weighted by atomic mass is 31.1. The largest absolute Gasteiger partial charge is 0.456 e. The molecule has 0 N–H and O–H groups in total. The molecule has 3 heteroatoms. The Morgan fingerprint density at radius 3 is 1.13 bits per heavy atom. The highest BCUT2D eigenvalue weighted by Crippen LogP contribution is 2.40. The fourth-order valence-corrected chi connectivity index (χ4v) is 9.39. The number of benzene rings is 6. The van der Waals surface area contributed by atoms with Gasteiger partial charge in [0.1, 0.15) is 11.5 Å². The molecule has 0 bridgehead atoms. The molecule has 0 fully saturated rings. The van der Waals surface area contributed by atoms with Crippen molar-refractivity contribution in [1.29, 1.82) is 0 Å². The van der Waals surface area contributed by atoms with Crippen LogP contribution in [-0.2, 0) is 0 Å². The average molecular weight is 540 g/mol. The van der Waals surface area contributed by atoms with Crippen LogP contribution in [0.2, 0.25) is 0 Å². The molecule has 0 unspecified atom stereocenters. The summed E-state index contributed by atoms with van der Waals surface area (Å²) in [4.78, 5) is 0. The first-order valence-corrected chi connectivity index (χ1v) is 15.6. The third kappa shape index (κ3) is 5.71. The second-order valence-corrected chi connectivity index (χ2v) is 13.3. The predicted octanol–water partition coefficient (Wildman–Crippen LogP) is 7.00. The number of ether oxygens (including phenoxy) is 1. The molecule has 6 aromatic rings. The summed E-state index contributed by atoms with van der Waals surface area (Å²) in [7, 11) is -1.80. The van der Waals surface area contributed by atoms with Crippen LogP contribution in [0.25, 0.3) is 0 Å². The zero-order valence-corrected chi connectivity index (χ0v) is 23.2. The SMILES string of the molecule is [2H]c1cccc(P(c2ccccc2)c2ccccc2)c1Oc1ccccc1P(c1ccccc1)c1ccccc1. The summed E-state index contributed by atoms with van der Waals surface area (Å²) < 4.78 is 15.8. The van der Waals surface area contributed by atoms with Gasteiger partial charge >= 0.3 is 0 Å². The number of hydrogen-bond donors (Lipinski definition) is 0. The summed E-state index contributed by atoms with van der Waals surface area (Å²) >= 11 is 0. The van der Waals surface area contributed by atoms with Gasteiger partial charge in [-0.25, -0.2) is 0 Å². The lowest BCUT2D eigenvalue weighted by Gasteiger charge is -2.25. The quantitative estimate of drug-likeness (QED) is 0.189. The van der Waals surface area contributed by atoms with Crippen LogP contribution in [0.4, 0.5) is 0 Å². The van der Waals surface area contributed by atoms with Crippen LogP contribution in [0, 0.1) is 0 Å². The maximum atomic E-state index is 8.98. The summed E-state index contributed by atoms with van der Waals surface area (Å²) in [6, 6.07) is 57.1. The Bertz CT molecular complexity index is 1600. The molecule has 0 aromatic heterocycles. The lowest BCUT2D eigenvalue weighted by Crippen LogP contribution is -2.23. The van der Waals surface area contributed by atoms with Gasteiger partial charge in [-0.05, 0) is 49.2 Å². The first kappa shape index (κ1) is 24.1. The molecule has 0 radical (unpaired) electrons. The van der Waals surface area contributed by atoms with Crippen LogP contribution in [0.5, 0.6) is 11.5 Å². The molecule has 39 heavy (non-hydrogen) atoms. The molecule has 0 saturated carbocycles. The van der Waals surface area contributed by atoms with E-state index >= 15 is 0 Å².